The summed E-state index contributed by atoms with van der Waals surface area (Å²) in [5.74, 6) is -0.433. The minimum absolute atomic E-state index is 0.0667. The lowest BCUT2D eigenvalue weighted by Crippen LogP contribution is -2.41. The fraction of sp³-hybridized carbons (Fsp3) is 0.296. The summed E-state index contributed by atoms with van der Waals surface area (Å²) in [4.78, 5) is 13.6. The van der Waals surface area contributed by atoms with E-state index in [1.54, 1.807) is 13.8 Å². The Labute approximate surface area is 232 Å². The lowest BCUT2D eigenvalue weighted by atomic mass is 10.1. The minimum Gasteiger partial charge on any atom is -0.493 e. The molecule has 1 atom stereocenters. The summed E-state index contributed by atoms with van der Waals surface area (Å²) >= 11 is 0. The number of anilines is 1. The summed E-state index contributed by atoms with van der Waals surface area (Å²) < 4.78 is 116. The first-order valence-electron chi connectivity index (χ1n) is 12.1. The van der Waals surface area contributed by atoms with Crippen molar-refractivity contribution in [1.29, 1.82) is 0 Å². The summed E-state index contributed by atoms with van der Waals surface area (Å²) in [6.07, 6.45) is -9.07. The molecular formula is C27H26F6N2O5S. The van der Waals surface area contributed by atoms with Crippen LogP contribution >= 0.6 is 0 Å². The van der Waals surface area contributed by atoms with Crippen molar-refractivity contribution >= 4 is 21.8 Å². The first kappa shape index (κ1) is 31.6. The summed E-state index contributed by atoms with van der Waals surface area (Å²) in [7, 11) is -3.53. The molecule has 222 valence electrons. The van der Waals surface area contributed by atoms with Crippen LogP contribution in [0.4, 0.5) is 36.8 Å². The number of hydrogen-bond donors (Lipinski definition) is 1. The summed E-state index contributed by atoms with van der Waals surface area (Å²) in [6, 6.07) is 10.2. The predicted molar refractivity (Wildman–Crippen MR) is 138 cm³/mol. The van der Waals surface area contributed by atoms with Crippen molar-refractivity contribution in [2.24, 2.45) is 0 Å². The van der Waals surface area contributed by atoms with Gasteiger partial charge in [0.1, 0.15) is 4.90 Å². The van der Waals surface area contributed by atoms with Gasteiger partial charge >= 0.3 is 28.5 Å². The molecule has 0 fully saturated rings. The topological polar surface area (TPSA) is 84.9 Å². The number of nitrogens with one attached hydrogen (secondary N) is 1. The molecule has 0 aliphatic rings. The van der Waals surface area contributed by atoms with E-state index in [4.69, 9.17) is 8.92 Å². The second kappa shape index (κ2) is 12.3. The molecule has 0 aromatic heterocycles. The van der Waals surface area contributed by atoms with Crippen LogP contribution in [-0.2, 0) is 29.0 Å². The number of carbonyl (C=O) groups is 1. The van der Waals surface area contributed by atoms with Crippen LogP contribution in [0.5, 0.6) is 11.5 Å². The first-order valence-corrected chi connectivity index (χ1v) is 13.5. The van der Waals surface area contributed by atoms with Crippen LogP contribution < -0.4 is 14.2 Å². The molecule has 0 aliphatic carbocycles. The lowest BCUT2D eigenvalue weighted by molar-refractivity contribution is -0.138. The van der Waals surface area contributed by atoms with Gasteiger partial charge in [-0.3, -0.25) is 0 Å². The largest absolute Gasteiger partial charge is 0.493 e. The van der Waals surface area contributed by atoms with E-state index in [0.29, 0.717) is 24.1 Å². The van der Waals surface area contributed by atoms with Crippen molar-refractivity contribution in [3.05, 3.63) is 83.4 Å². The molecule has 0 radical (unpaired) electrons. The molecule has 0 saturated heterocycles. The average Bonchev–Trinajstić information content (AvgIpc) is 2.90. The lowest BCUT2D eigenvalue weighted by Gasteiger charge is -2.29. The van der Waals surface area contributed by atoms with Crippen molar-refractivity contribution in [2.45, 2.75) is 50.1 Å². The standard InChI is InChI=1S/C27H26F6N2O5S/c1-4-17(2)35(25(36)34-22-11-6-5-10-21(22)27(31,32)33)16-18-12-13-23(39-3)24(14-18)40-41(37,38)20-9-7-8-19(15-20)26(28,29)30/h5-15,17H,4,16H2,1-3H3,(H,34,36). The molecule has 1 N–H and O–H groups in total. The number of rotatable bonds is 9. The third kappa shape index (κ3) is 7.84. The molecule has 41 heavy (non-hydrogen) atoms. The number of nitrogens with zero attached hydrogens (tertiary/aromatic N) is 1. The quantitative estimate of drug-likeness (QED) is 0.204. The Hall–Kier alpha value is -3.94. The van der Waals surface area contributed by atoms with Crippen molar-refractivity contribution in [3.8, 4) is 11.5 Å². The van der Waals surface area contributed by atoms with E-state index < -0.39 is 56.3 Å². The third-order valence-corrected chi connectivity index (χ3v) is 7.32. The maximum atomic E-state index is 13.4. The van der Waals surface area contributed by atoms with Crippen LogP contribution in [0.25, 0.3) is 0 Å². The van der Waals surface area contributed by atoms with Gasteiger partial charge < -0.3 is 19.1 Å². The smallest absolute Gasteiger partial charge is 0.418 e. The highest BCUT2D eigenvalue weighted by Gasteiger charge is 2.35. The summed E-state index contributed by atoms with van der Waals surface area (Å²) in [5.41, 5.74) is -2.36. The van der Waals surface area contributed by atoms with E-state index in [2.05, 4.69) is 5.32 Å². The predicted octanol–water partition coefficient (Wildman–Crippen LogP) is 7.33. The number of alkyl halides is 6. The molecule has 3 aromatic rings. The average molecular weight is 605 g/mol. The van der Waals surface area contributed by atoms with Gasteiger partial charge in [-0.15, -0.1) is 0 Å². The molecule has 0 aliphatic heterocycles. The van der Waals surface area contributed by atoms with Gasteiger partial charge in [-0.1, -0.05) is 31.2 Å². The maximum Gasteiger partial charge on any atom is 0.418 e. The number of urea groups is 1. The summed E-state index contributed by atoms with van der Waals surface area (Å²) in [6.45, 7) is 3.26. The van der Waals surface area contributed by atoms with Gasteiger partial charge in [0.05, 0.1) is 23.9 Å². The SMILES string of the molecule is CCC(C)N(Cc1ccc(OC)c(OS(=O)(=O)c2cccc(C(F)(F)F)c2)c1)C(=O)Nc1ccccc1C(F)(F)F. The molecule has 7 nitrogen and oxygen atoms in total. The Morgan fingerprint density at radius 1 is 0.927 bits per heavy atom. The van der Waals surface area contributed by atoms with Crippen LogP contribution in [0.3, 0.4) is 0 Å². The molecule has 14 heteroatoms. The Bertz CT molecular complexity index is 1490. The van der Waals surface area contributed by atoms with Gasteiger partial charge in [-0.25, -0.2) is 4.79 Å². The van der Waals surface area contributed by atoms with E-state index in [1.165, 1.54) is 42.3 Å². The zero-order valence-corrected chi connectivity index (χ0v) is 22.8. The molecule has 0 bridgehead atoms. The highest BCUT2D eigenvalue weighted by Crippen LogP contribution is 2.36. The van der Waals surface area contributed by atoms with Crippen molar-refractivity contribution in [3.63, 3.8) is 0 Å². The Morgan fingerprint density at radius 2 is 1.61 bits per heavy atom. The fourth-order valence-corrected chi connectivity index (χ4v) is 4.73. The second-order valence-electron chi connectivity index (χ2n) is 8.91. The minimum atomic E-state index is -4.79. The summed E-state index contributed by atoms with van der Waals surface area (Å²) in [5, 5.41) is 2.29. The number of para-hydroxylation sites is 1. The molecule has 2 amide bonds. The van der Waals surface area contributed by atoms with E-state index in [1.807, 2.05) is 0 Å². The van der Waals surface area contributed by atoms with Gasteiger partial charge in [-0.2, -0.15) is 34.8 Å². The number of hydrogen-bond acceptors (Lipinski definition) is 5. The van der Waals surface area contributed by atoms with Crippen LogP contribution in [0.2, 0.25) is 0 Å². The number of halogens is 6. The maximum absolute atomic E-state index is 13.4. The van der Waals surface area contributed by atoms with Crippen molar-refractivity contribution < 1.29 is 48.5 Å². The zero-order chi connectivity index (χ0) is 30.6. The van der Waals surface area contributed by atoms with Crippen LogP contribution in [-0.4, -0.2) is 32.5 Å². The van der Waals surface area contributed by atoms with E-state index in [9.17, 15) is 39.6 Å². The fourth-order valence-electron chi connectivity index (χ4n) is 3.75. The highest BCUT2D eigenvalue weighted by molar-refractivity contribution is 7.87. The molecule has 3 aromatic carbocycles. The molecule has 0 heterocycles. The number of ether oxygens (including phenoxy) is 1. The van der Waals surface area contributed by atoms with Gasteiger partial charge in [0, 0.05) is 12.6 Å². The monoisotopic (exact) mass is 604 g/mol. The Morgan fingerprint density at radius 3 is 2.22 bits per heavy atom. The molecule has 3 rings (SSSR count). The van der Waals surface area contributed by atoms with E-state index in [-0.39, 0.29) is 18.0 Å². The zero-order valence-electron chi connectivity index (χ0n) is 22.0. The molecule has 0 spiro atoms. The molecule has 1 unspecified atom stereocenters. The first-order chi connectivity index (χ1) is 19.1. The number of amides is 2. The molecular weight excluding hydrogens is 578 g/mol. The normalized spacial score (nSPS) is 12.9. The van der Waals surface area contributed by atoms with Gasteiger partial charge in [-0.05, 0) is 61.4 Å². The van der Waals surface area contributed by atoms with E-state index in [0.717, 1.165) is 24.3 Å². The Kier molecular flexibility index (Phi) is 9.47. The van der Waals surface area contributed by atoms with Crippen LogP contribution in [0, 0.1) is 0 Å². The van der Waals surface area contributed by atoms with Gasteiger partial charge in [0.15, 0.2) is 11.5 Å². The van der Waals surface area contributed by atoms with Crippen molar-refractivity contribution in [1.82, 2.24) is 4.90 Å². The second-order valence-corrected chi connectivity index (χ2v) is 10.5. The number of carbonyl (C=O) groups excluding carboxylic acids is 1. The number of benzene rings is 3. The molecule has 0 saturated carbocycles. The van der Waals surface area contributed by atoms with Gasteiger partial charge in [0.25, 0.3) is 0 Å². The van der Waals surface area contributed by atoms with Crippen molar-refractivity contribution in [2.75, 3.05) is 12.4 Å². The van der Waals surface area contributed by atoms with Crippen LogP contribution in [0.1, 0.15) is 37.0 Å². The van der Waals surface area contributed by atoms with E-state index >= 15 is 0 Å². The third-order valence-electron chi connectivity index (χ3n) is 6.09. The number of methoxy groups -OCH3 is 1. The Balaban J connectivity index is 1.92. The van der Waals surface area contributed by atoms with Gasteiger partial charge in [0.2, 0.25) is 0 Å². The van der Waals surface area contributed by atoms with Crippen LogP contribution in [0.15, 0.2) is 71.6 Å². The highest BCUT2D eigenvalue weighted by atomic mass is 32.2.